The molecule has 4 amide bonds. The van der Waals surface area contributed by atoms with Crippen LogP contribution in [0.25, 0.3) is 0 Å². The molecule has 1 heterocycles. The second kappa shape index (κ2) is 13.2. The maximum atomic E-state index is 13.8. The Hall–Kier alpha value is -3.89. The SMILES string of the molecule is Cc1ccccc1CNC(=O)[C@H]1N(C(=O)[C@@H](O)[C@H](Cc2ccccc2)NC(=O)Nc2ccc(F)cc2)CSC1(C)C. The number of nitrogens with one attached hydrogen (secondary N) is 3. The zero-order valence-electron chi connectivity index (χ0n) is 23.3. The molecule has 216 valence electrons. The van der Waals surface area contributed by atoms with Gasteiger partial charge < -0.3 is 26.0 Å². The molecule has 0 saturated carbocycles. The Balaban J connectivity index is 1.50. The van der Waals surface area contributed by atoms with Crippen LogP contribution in [0.4, 0.5) is 14.9 Å². The molecule has 3 atom stereocenters. The normalized spacial score (nSPS) is 17.4. The summed E-state index contributed by atoms with van der Waals surface area (Å²) in [7, 11) is 0. The van der Waals surface area contributed by atoms with E-state index >= 15 is 0 Å². The molecule has 3 aromatic rings. The molecule has 0 aromatic heterocycles. The Kier molecular flexibility index (Phi) is 9.67. The van der Waals surface area contributed by atoms with Crippen LogP contribution in [-0.2, 0) is 22.6 Å². The van der Waals surface area contributed by atoms with Gasteiger partial charge in [0.15, 0.2) is 6.10 Å². The second-order valence-electron chi connectivity index (χ2n) is 10.6. The predicted octanol–water partition coefficient (Wildman–Crippen LogP) is 4.22. The number of amides is 4. The molecule has 1 aliphatic heterocycles. The predicted molar refractivity (Wildman–Crippen MR) is 159 cm³/mol. The lowest BCUT2D eigenvalue weighted by Crippen LogP contribution is -2.59. The van der Waals surface area contributed by atoms with E-state index in [4.69, 9.17) is 0 Å². The number of urea groups is 1. The quantitative estimate of drug-likeness (QED) is 0.304. The van der Waals surface area contributed by atoms with E-state index in [0.717, 1.165) is 16.7 Å². The summed E-state index contributed by atoms with van der Waals surface area (Å²) in [5.41, 5.74) is 3.17. The van der Waals surface area contributed by atoms with E-state index in [1.165, 1.54) is 40.9 Å². The Morgan fingerprint density at radius 3 is 2.37 bits per heavy atom. The van der Waals surface area contributed by atoms with Crippen molar-refractivity contribution in [3.8, 4) is 0 Å². The average Bonchev–Trinajstić information content (AvgIpc) is 3.27. The van der Waals surface area contributed by atoms with Crippen LogP contribution in [0.3, 0.4) is 0 Å². The molecule has 4 rings (SSSR count). The van der Waals surface area contributed by atoms with Crippen molar-refractivity contribution < 1.29 is 23.9 Å². The number of thioether (sulfide) groups is 1. The van der Waals surface area contributed by atoms with E-state index in [-0.39, 0.29) is 18.2 Å². The molecule has 1 fully saturated rings. The van der Waals surface area contributed by atoms with Gasteiger partial charge in [-0.25, -0.2) is 9.18 Å². The summed E-state index contributed by atoms with van der Waals surface area (Å²) in [6.45, 7) is 6.07. The molecule has 0 spiro atoms. The first-order valence-electron chi connectivity index (χ1n) is 13.4. The van der Waals surface area contributed by atoms with E-state index in [0.29, 0.717) is 12.2 Å². The standard InChI is InChI=1S/C31H35FN4O4S/c1-20-9-7-8-12-22(20)18-33-28(38)27-31(2,3)41-19-36(27)29(39)26(37)25(17-21-10-5-4-6-11-21)35-30(40)34-24-15-13-23(32)14-16-24/h4-16,25-27,37H,17-19H2,1-3H3,(H,33,38)(H2,34,35,40)/t25-,26-,27+/m0/s1. The highest BCUT2D eigenvalue weighted by Gasteiger charge is 2.49. The third kappa shape index (κ3) is 7.65. The summed E-state index contributed by atoms with van der Waals surface area (Å²) in [6.07, 6.45) is -1.46. The monoisotopic (exact) mass is 578 g/mol. The highest BCUT2D eigenvalue weighted by Crippen LogP contribution is 2.40. The number of benzene rings is 3. The number of carbonyl (C=O) groups excluding carboxylic acids is 3. The number of halogens is 1. The fourth-order valence-corrected chi connectivity index (χ4v) is 5.96. The molecule has 4 N–H and O–H groups in total. The van der Waals surface area contributed by atoms with Gasteiger partial charge in [0.1, 0.15) is 11.9 Å². The molecule has 10 heteroatoms. The number of aliphatic hydroxyl groups is 1. The third-order valence-corrected chi connectivity index (χ3v) is 8.52. The molecule has 0 aliphatic carbocycles. The van der Waals surface area contributed by atoms with Gasteiger partial charge in [0.05, 0.1) is 11.9 Å². The first kappa shape index (κ1) is 30.1. The van der Waals surface area contributed by atoms with Crippen LogP contribution in [0.5, 0.6) is 0 Å². The highest BCUT2D eigenvalue weighted by atomic mass is 32.2. The number of aliphatic hydroxyl groups excluding tert-OH is 1. The van der Waals surface area contributed by atoms with E-state index in [9.17, 15) is 23.9 Å². The summed E-state index contributed by atoms with van der Waals surface area (Å²) < 4.78 is 12.7. The maximum absolute atomic E-state index is 13.8. The van der Waals surface area contributed by atoms with Crippen molar-refractivity contribution in [3.63, 3.8) is 0 Å². The molecule has 0 radical (unpaired) electrons. The van der Waals surface area contributed by atoms with E-state index in [1.807, 2.05) is 75.4 Å². The Bertz CT molecular complexity index is 1370. The van der Waals surface area contributed by atoms with E-state index in [1.54, 1.807) is 0 Å². The van der Waals surface area contributed by atoms with Gasteiger partial charge in [0, 0.05) is 17.0 Å². The van der Waals surface area contributed by atoms with Crippen LogP contribution in [0.1, 0.15) is 30.5 Å². The lowest BCUT2D eigenvalue weighted by Gasteiger charge is -2.33. The fourth-order valence-electron chi connectivity index (χ4n) is 4.82. The molecule has 0 bridgehead atoms. The van der Waals surface area contributed by atoms with Gasteiger partial charge >= 0.3 is 6.03 Å². The van der Waals surface area contributed by atoms with Crippen molar-refractivity contribution in [3.05, 3.63) is 101 Å². The molecular formula is C31H35FN4O4S. The molecule has 3 aromatic carbocycles. The first-order chi connectivity index (χ1) is 19.5. The summed E-state index contributed by atoms with van der Waals surface area (Å²) in [6, 6.07) is 19.7. The number of nitrogens with zero attached hydrogens (tertiary/aromatic N) is 1. The molecule has 8 nitrogen and oxygen atoms in total. The number of aryl methyl sites for hydroxylation is 1. The minimum absolute atomic E-state index is 0.166. The van der Waals surface area contributed by atoms with Crippen molar-refractivity contribution in [2.75, 3.05) is 11.2 Å². The van der Waals surface area contributed by atoms with Crippen molar-refractivity contribution in [2.45, 2.75) is 56.7 Å². The molecular weight excluding hydrogens is 543 g/mol. The number of anilines is 1. The largest absolute Gasteiger partial charge is 0.381 e. The molecule has 1 aliphatic rings. The topological polar surface area (TPSA) is 111 Å². The first-order valence-corrected chi connectivity index (χ1v) is 14.4. The number of rotatable bonds is 9. The van der Waals surface area contributed by atoms with Crippen LogP contribution >= 0.6 is 11.8 Å². The Morgan fingerprint density at radius 2 is 1.68 bits per heavy atom. The van der Waals surface area contributed by atoms with Crippen LogP contribution in [0.2, 0.25) is 0 Å². The fraction of sp³-hybridized carbons (Fsp3) is 0.323. The van der Waals surface area contributed by atoms with Crippen molar-refractivity contribution in [1.29, 1.82) is 0 Å². The van der Waals surface area contributed by atoms with Gasteiger partial charge in [-0.2, -0.15) is 0 Å². The summed E-state index contributed by atoms with van der Waals surface area (Å²) in [4.78, 5) is 41.4. The minimum atomic E-state index is -1.63. The van der Waals surface area contributed by atoms with Crippen LogP contribution < -0.4 is 16.0 Å². The third-order valence-electron chi connectivity index (χ3n) is 7.14. The summed E-state index contributed by atoms with van der Waals surface area (Å²) in [5.74, 6) is -1.19. The van der Waals surface area contributed by atoms with Gasteiger partial charge in [-0.3, -0.25) is 9.59 Å². The van der Waals surface area contributed by atoms with Gasteiger partial charge in [0.25, 0.3) is 5.91 Å². The van der Waals surface area contributed by atoms with Crippen LogP contribution in [0.15, 0.2) is 78.9 Å². The number of carbonyl (C=O) groups is 3. The molecule has 0 unspecified atom stereocenters. The van der Waals surface area contributed by atoms with Gasteiger partial charge in [0.2, 0.25) is 5.91 Å². The summed E-state index contributed by atoms with van der Waals surface area (Å²) >= 11 is 1.45. The Labute approximate surface area is 243 Å². The molecule has 41 heavy (non-hydrogen) atoms. The van der Waals surface area contributed by atoms with Crippen LogP contribution in [0, 0.1) is 12.7 Å². The van der Waals surface area contributed by atoms with Gasteiger partial charge in [-0.15, -0.1) is 11.8 Å². The zero-order valence-corrected chi connectivity index (χ0v) is 24.1. The summed E-state index contributed by atoms with van der Waals surface area (Å²) in [5, 5.41) is 19.6. The smallest absolute Gasteiger partial charge is 0.319 e. The number of hydrogen-bond acceptors (Lipinski definition) is 5. The van der Waals surface area contributed by atoms with Gasteiger partial charge in [-0.05, 0) is 68.1 Å². The minimum Gasteiger partial charge on any atom is -0.381 e. The van der Waals surface area contributed by atoms with E-state index in [2.05, 4.69) is 16.0 Å². The number of hydrogen-bond donors (Lipinski definition) is 4. The maximum Gasteiger partial charge on any atom is 0.319 e. The second-order valence-corrected chi connectivity index (χ2v) is 12.2. The van der Waals surface area contributed by atoms with Crippen molar-refractivity contribution >= 4 is 35.3 Å². The lowest BCUT2D eigenvalue weighted by molar-refractivity contribution is -0.147. The van der Waals surface area contributed by atoms with E-state index < -0.39 is 40.7 Å². The Morgan fingerprint density at radius 1 is 1.02 bits per heavy atom. The van der Waals surface area contributed by atoms with Crippen molar-refractivity contribution in [2.24, 2.45) is 0 Å². The average molecular weight is 579 g/mol. The van der Waals surface area contributed by atoms with Crippen molar-refractivity contribution in [1.82, 2.24) is 15.5 Å². The highest BCUT2D eigenvalue weighted by molar-refractivity contribution is 8.00. The van der Waals surface area contributed by atoms with Crippen LogP contribution in [-0.4, -0.2) is 56.7 Å². The van der Waals surface area contributed by atoms with Gasteiger partial charge in [-0.1, -0.05) is 54.6 Å². The molecule has 1 saturated heterocycles. The zero-order chi connectivity index (χ0) is 29.6. The lowest BCUT2D eigenvalue weighted by atomic mass is 9.97.